The fraction of sp³-hybridized carbons (Fsp3) is 0.280. The maximum atomic E-state index is 13.0. The smallest absolute Gasteiger partial charge is 0.227 e. The molecular weight excluding hydrogens is 378 g/mol. The molecule has 156 valence electrons. The Morgan fingerprint density at radius 1 is 1.10 bits per heavy atom. The maximum Gasteiger partial charge on any atom is 0.227 e. The van der Waals surface area contributed by atoms with Crippen LogP contribution in [0, 0.1) is 0 Å². The van der Waals surface area contributed by atoms with Gasteiger partial charge in [-0.3, -0.25) is 9.59 Å². The lowest BCUT2D eigenvalue weighted by molar-refractivity contribution is -0.140. The average molecular weight is 405 g/mol. The molecule has 3 rings (SSSR count). The van der Waals surface area contributed by atoms with Crippen molar-refractivity contribution in [2.24, 2.45) is 0 Å². The van der Waals surface area contributed by atoms with Gasteiger partial charge in [-0.05, 0) is 23.3 Å². The highest BCUT2D eigenvalue weighted by atomic mass is 16.5. The standard InChI is InChI=1S/C25H27NO4/c1-4-8-25(28)26-20(13-11-18-9-6-5-7-10-18)16-21(27)17-22(26)19-12-14-23(29-2)24(15-19)30-3/h4-7,9-15,20,22H,1,8,16-17H2,2-3H3/b13-11+/t20-,22-/m1/s1. The van der Waals surface area contributed by atoms with E-state index in [1.807, 2.05) is 59.5 Å². The third kappa shape index (κ3) is 4.79. The summed E-state index contributed by atoms with van der Waals surface area (Å²) < 4.78 is 10.8. The van der Waals surface area contributed by atoms with E-state index < -0.39 is 0 Å². The number of ketones is 1. The van der Waals surface area contributed by atoms with Crippen molar-refractivity contribution in [1.82, 2.24) is 4.90 Å². The molecule has 0 aliphatic carbocycles. The van der Waals surface area contributed by atoms with Crippen molar-refractivity contribution in [2.45, 2.75) is 31.3 Å². The molecule has 0 N–H and O–H groups in total. The number of nitrogens with zero attached hydrogens (tertiary/aromatic N) is 1. The van der Waals surface area contributed by atoms with Crippen molar-refractivity contribution in [1.29, 1.82) is 0 Å². The molecule has 2 atom stereocenters. The number of methoxy groups -OCH3 is 2. The topological polar surface area (TPSA) is 55.8 Å². The number of likely N-dealkylation sites (tertiary alicyclic amines) is 1. The third-order valence-corrected chi connectivity index (χ3v) is 5.26. The van der Waals surface area contributed by atoms with Gasteiger partial charge in [0.25, 0.3) is 0 Å². The van der Waals surface area contributed by atoms with E-state index in [1.165, 1.54) is 0 Å². The minimum atomic E-state index is -0.371. The van der Waals surface area contributed by atoms with Gasteiger partial charge in [0.15, 0.2) is 11.5 Å². The Bertz CT molecular complexity index is 935. The van der Waals surface area contributed by atoms with Crippen LogP contribution in [0.4, 0.5) is 0 Å². The number of hydrogen-bond donors (Lipinski definition) is 0. The van der Waals surface area contributed by atoms with Crippen LogP contribution in [0.5, 0.6) is 11.5 Å². The van der Waals surface area contributed by atoms with Gasteiger partial charge >= 0.3 is 0 Å². The lowest BCUT2D eigenvalue weighted by Gasteiger charge is -2.41. The normalized spacial score (nSPS) is 19.0. The highest BCUT2D eigenvalue weighted by molar-refractivity contribution is 5.86. The number of carbonyl (C=O) groups excluding carboxylic acids is 2. The number of piperidine rings is 1. The molecule has 0 aromatic heterocycles. The van der Waals surface area contributed by atoms with Crippen molar-refractivity contribution >= 4 is 17.8 Å². The average Bonchev–Trinajstić information content (AvgIpc) is 2.77. The SMILES string of the molecule is C=CCC(=O)N1[C@H](/C=C/c2ccccc2)CC(=O)C[C@@H]1c1ccc(OC)c(OC)c1. The van der Waals surface area contributed by atoms with Crippen molar-refractivity contribution in [3.05, 3.63) is 78.4 Å². The summed E-state index contributed by atoms with van der Waals surface area (Å²) in [5, 5.41) is 0. The number of benzene rings is 2. The first-order valence-corrected chi connectivity index (χ1v) is 9.96. The molecule has 1 aliphatic rings. The van der Waals surface area contributed by atoms with Crippen LogP contribution in [0.2, 0.25) is 0 Å². The summed E-state index contributed by atoms with van der Waals surface area (Å²) in [6.07, 6.45) is 6.30. The zero-order chi connectivity index (χ0) is 21.5. The van der Waals surface area contributed by atoms with Crippen LogP contribution in [-0.4, -0.2) is 36.9 Å². The van der Waals surface area contributed by atoms with Crippen LogP contribution >= 0.6 is 0 Å². The van der Waals surface area contributed by atoms with Gasteiger partial charge in [0.2, 0.25) is 5.91 Å². The molecule has 1 aliphatic heterocycles. The summed E-state index contributed by atoms with van der Waals surface area (Å²) in [4.78, 5) is 27.5. The number of hydrogen-bond acceptors (Lipinski definition) is 4. The van der Waals surface area contributed by atoms with Crippen LogP contribution < -0.4 is 9.47 Å². The molecule has 0 spiro atoms. The van der Waals surface area contributed by atoms with Gasteiger partial charge in [0.05, 0.1) is 26.3 Å². The lowest BCUT2D eigenvalue weighted by Crippen LogP contribution is -2.47. The van der Waals surface area contributed by atoms with Gasteiger partial charge in [-0.15, -0.1) is 6.58 Å². The Labute approximate surface area is 177 Å². The summed E-state index contributed by atoms with van der Waals surface area (Å²) >= 11 is 0. The van der Waals surface area contributed by atoms with Crippen molar-refractivity contribution < 1.29 is 19.1 Å². The fourth-order valence-electron chi connectivity index (χ4n) is 3.83. The molecule has 0 radical (unpaired) electrons. The molecule has 1 amide bonds. The summed E-state index contributed by atoms with van der Waals surface area (Å²) in [5.74, 6) is 1.24. The number of amides is 1. The Balaban J connectivity index is 1.99. The third-order valence-electron chi connectivity index (χ3n) is 5.26. The van der Waals surface area contributed by atoms with Gasteiger partial charge in [-0.25, -0.2) is 0 Å². The van der Waals surface area contributed by atoms with Crippen LogP contribution in [0.25, 0.3) is 6.08 Å². The number of rotatable bonds is 7. The molecule has 1 fully saturated rings. The summed E-state index contributed by atoms with van der Waals surface area (Å²) in [7, 11) is 3.14. The molecule has 2 aromatic rings. The van der Waals surface area contributed by atoms with Crippen LogP contribution in [0.1, 0.15) is 36.4 Å². The Morgan fingerprint density at radius 3 is 2.50 bits per heavy atom. The minimum absolute atomic E-state index is 0.0556. The highest BCUT2D eigenvalue weighted by Gasteiger charge is 2.37. The number of ether oxygens (including phenoxy) is 2. The van der Waals surface area contributed by atoms with Gasteiger partial charge in [0, 0.05) is 19.3 Å². The van der Waals surface area contributed by atoms with Crippen LogP contribution in [0.3, 0.4) is 0 Å². The van der Waals surface area contributed by atoms with E-state index in [0.717, 1.165) is 11.1 Å². The van der Waals surface area contributed by atoms with E-state index in [-0.39, 0.29) is 36.6 Å². The zero-order valence-corrected chi connectivity index (χ0v) is 17.4. The summed E-state index contributed by atoms with van der Waals surface area (Å²) in [5.41, 5.74) is 1.87. The number of carbonyl (C=O) groups is 2. The van der Waals surface area contributed by atoms with E-state index in [2.05, 4.69) is 6.58 Å². The van der Waals surface area contributed by atoms with Gasteiger partial charge in [-0.1, -0.05) is 54.6 Å². The monoisotopic (exact) mass is 405 g/mol. The summed E-state index contributed by atoms with van der Waals surface area (Å²) in [6.45, 7) is 3.71. The molecule has 2 aromatic carbocycles. The van der Waals surface area contributed by atoms with Crippen LogP contribution in [-0.2, 0) is 9.59 Å². The van der Waals surface area contributed by atoms with Crippen molar-refractivity contribution in [3.63, 3.8) is 0 Å². The predicted octanol–water partition coefficient (Wildman–Crippen LogP) is 4.59. The largest absolute Gasteiger partial charge is 0.493 e. The molecule has 0 saturated carbocycles. The second kappa shape index (κ2) is 9.92. The van der Waals surface area contributed by atoms with E-state index in [0.29, 0.717) is 17.9 Å². The van der Waals surface area contributed by atoms with E-state index >= 15 is 0 Å². The molecule has 5 heteroatoms. The van der Waals surface area contributed by atoms with Crippen LogP contribution in [0.15, 0.2) is 67.3 Å². The zero-order valence-electron chi connectivity index (χ0n) is 17.4. The first kappa shape index (κ1) is 21.4. The summed E-state index contributed by atoms with van der Waals surface area (Å²) in [6, 6.07) is 14.7. The first-order valence-electron chi connectivity index (χ1n) is 9.96. The molecular formula is C25H27NO4. The van der Waals surface area contributed by atoms with Crippen molar-refractivity contribution in [3.8, 4) is 11.5 Å². The second-order valence-corrected chi connectivity index (χ2v) is 7.21. The van der Waals surface area contributed by atoms with Gasteiger partial charge in [0.1, 0.15) is 5.78 Å². The molecule has 1 saturated heterocycles. The first-order chi connectivity index (χ1) is 14.6. The predicted molar refractivity (Wildman–Crippen MR) is 117 cm³/mol. The Hall–Kier alpha value is -3.34. The lowest BCUT2D eigenvalue weighted by atomic mass is 9.88. The van der Waals surface area contributed by atoms with E-state index in [9.17, 15) is 9.59 Å². The number of Topliss-reactive ketones (excluding diaryl/α,β-unsaturated/α-hetero) is 1. The Morgan fingerprint density at radius 2 is 1.83 bits per heavy atom. The Kier molecular flexibility index (Phi) is 7.07. The van der Waals surface area contributed by atoms with Gasteiger partial charge in [-0.2, -0.15) is 0 Å². The van der Waals surface area contributed by atoms with E-state index in [1.54, 1.807) is 26.4 Å². The molecule has 30 heavy (non-hydrogen) atoms. The quantitative estimate of drug-likeness (QED) is 0.632. The fourth-order valence-corrected chi connectivity index (χ4v) is 3.83. The molecule has 0 unspecified atom stereocenters. The minimum Gasteiger partial charge on any atom is -0.493 e. The van der Waals surface area contributed by atoms with Gasteiger partial charge < -0.3 is 14.4 Å². The van der Waals surface area contributed by atoms with E-state index in [4.69, 9.17) is 9.47 Å². The maximum absolute atomic E-state index is 13.0. The van der Waals surface area contributed by atoms with Crippen molar-refractivity contribution in [2.75, 3.05) is 14.2 Å². The molecule has 5 nitrogen and oxygen atoms in total. The molecule has 1 heterocycles. The second-order valence-electron chi connectivity index (χ2n) is 7.21. The highest BCUT2D eigenvalue weighted by Crippen LogP contribution is 2.38. The molecule has 0 bridgehead atoms.